The predicted molar refractivity (Wildman–Crippen MR) is 73.6 cm³/mol. The van der Waals surface area contributed by atoms with Crippen molar-refractivity contribution in [1.29, 1.82) is 0 Å². The van der Waals surface area contributed by atoms with Gasteiger partial charge in [0.2, 0.25) is 0 Å². The molecule has 0 saturated carbocycles. The third kappa shape index (κ3) is 2.26. The van der Waals surface area contributed by atoms with Crippen LogP contribution in [0.25, 0.3) is 0 Å². The standard InChI is InChI=1S/C15H19N3/c1-18-10-9-13(17-18)11-16-15-8-4-6-12-5-2-3-7-14(12)15/h4,6,8-10,16H,2-3,5,7,11H2,1H3. The molecule has 0 aliphatic heterocycles. The van der Waals surface area contributed by atoms with Crippen LogP contribution in [0, 0.1) is 0 Å². The molecule has 0 atom stereocenters. The Kier molecular flexibility index (Phi) is 3.05. The molecule has 0 unspecified atom stereocenters. The summed E-state index contributed by atoms with van der Waals surface area (Å²) in [5, 5.41) is 7.92. The molecule has 1 aromatic heterocycles. The smallest absolute Gasteiger partial charge is 0.0815 e. The molecule has 2 aromatic rings. The second-order valence-electron chi connectivity index (χ2n) is 4.98. The SMILES string of the molecule is Cn1ccc(CNc2cccc3c2CCCC3)n1. The van der Waals surface area contributed by atoms with E-state index in [1.54, 1.807) is 0 Å². The van der Waals surface area contributed by atoms with Crippen LogP contribution in [0.5, 0.6) is 0 Å². The van der Waals surface area contributed by atoms with Gasteiger partial charge in [-0.25, -0.2) is 0 Å². The van der Waals surface area contributed by atoms with Crippen molar-refractivity contribution in [2.75, 3.05) is 5.32 Å². The molecule has 94 valence electrons. The van der Waals surface area contributed by atoms with E-state index in [2.05, 4.69) is 34.7 Å². The average molecular weight is 241 g/mol. The zero-order chi connectivity index (χ0) is 12.4. The van der Waals surface area contributed by atoms with Gasteiger partial charge >= 0.3 is 0 Å². The van der Waals surface area contributed by atoms with Crippen LogP contribution in [0.15, 0.2) is 30.5 Å². The lowest BCUT2D eigenvalue weighted by molar-refractivity contribution is 0.686. The number of hydrogen-bond donors (Lipinski definition) is 1. The van der Waals surface area contributed by atoms with Crippen LogP contribution in [-0.4, -0.2) is 9.78 Å². The molecule has 3 nitrogen and oxygen atoms in total. The van der Waals surface area contributed by atoms with Crippen LogP contribution in [-0.2, 0) is 26.4 Å². The van der Waals surface area contributed by atoms with E-state index in [0.29, 0.717) is 0 Å². The molecule has 0 spiro atoms. The van der Waals surface area contributed by atoms with Gasteiger partial charge < -0.3 is 5.32 Å². The van der Waals surface area contributed by atoms with E-state index < -0.39 is 0 Å². The Bertz CT molecular complexity index is 542. The van der Waals surface area contributed by atoms with E-state index in [1.807, 2.05) is 17.9 Å². The number of benzene rings is 1. The van der Waals surface area contributed by atoms with Crippen molar-refractivity contribution >= 4 is 5.69 Å². The lowest BCUT2D eigenvalue weighted by Crippen LogP contribution is -2.08. The summed E-state index contributed by atoms with van der Waals surface area (Å²) in [6.45, 7) is 0.803. The Morgan fingerprint density at radius 3 is 2.94 bits per heavy atom. The van der Waals surface area contributed by atoms with Crippen molar-refractivity contribution in [3.63, 3.8) is 0 Å². The molecule has 0 bridgehead atoms. The van der Waals surface area contributed by atoms with Gasteiger partial charge in [-0.2, -0.15) is 5.10 Å². The molecule has 0 amide bonds. The molecule has 3 rings (SSSR count). The minimum atomic E-state index is 0.803. The van der Waals surface area contributed by atoms with Crippen molar-refractivity contribution in [1.82, 2.24) is 9.78 Å². The summed E-state index contributed by atoms with van der Waals surface area (Å²) in [7, 11) is 1.95. The van der Waals surface area contributed by atoms with E-state index >= 15 is 0 Å². The van der Waals surface area contributed by atoms with Crippen molar-refractivity contribution in [2.24, 2.45) is 7.05 Å². The molecule has 0 saturated heterocycles. The topological polar surface area (TPSA) is 29.9 Å². The molecular formula is C15H19N3. The average Bonchev–Trinajstić information content (AvgIpc) is 2.82. The number of fused-ring (bicyclic) bond motifs is 1. The first-order valence-corrected chi connectivity index (χ1v) is 6.66. The molecule has 0 radical (unpaired) electrons. The summed E-state index contributed by atoms with van der Waals surface area (Å²) in [5.41, 5.74) is 5.41. The van der Waals surface area contributed by atoms with Crippen LogP contribution in [0.3, 0.4) is 0 Å². The first-order valence-electron chi connectivity index (χ1n) is 6.66. The fourth-order valence-electron chi connectivity index (χ4n) is 2.69. The number of aryl methyl sites for hydroxylation is 2. The minimum absolute atomic E-state index is 0.803. The van der Waals surface area contributed by atoms with E-state index in [0.717, 1.165) is 12.2 Å². The Labute approximate surface area is 108 Å². The third-order valence-electron chi connectivity index (χ3n) is 3.62. The van der Waals surface area contributed by atoms with E-state index in [9.17, 15) is 0 Å². The molecule has 1 heterocycles. The molecule has 3 heteroatoms. The Morgan fingerprint density at radius 2 is 2.11 bits per heavy atom. The third-order valence-corrected chi connectivity index (χ3v) is 3.62. The lowest BCUT2D eigenvalue weighted by atomic mass is 9.90. The summed E-state index contributed by atoms with van der Waals surface area (Å²) in [6, 6.07) is 8.67. The summed E-state index contributed by atoms with van der Waals surface area (Å²) in [6.07, 6.45) is 7.07. The highest BCUT2D eigenvalue weighted by molar-refractivity contribution is 5.55. The van der Waals surface area contributed by atoms with Crippen LogP contribution < -0.4 is 5.32 Å². The number of aromatic nitrogens is 2. The van der Waals surface area contributed by atoms with Crippen molar-refractivity contribution < 1.29 is 0 Å². The van der Waals surface area contributed by atoms with Gasteiger partial charge in [-0.15, -0.1) is 0 Å². The quantitative estimate of drug-likeness (QED) is 0.895. The van der Waals surface area contributed by atoms with Gasteiger partial charge in [-0.05, 0) is 48.9 Å². The van der Waals surface area contributed by atoms with Crippen molar-refractivity contribution in [2.45, 2.75) is 32.2 Å². The second kappa shape index (κ2) is 4.84. The zero-order valence-corrected chi connectivity index (χ0v) is 10.8. The summed E-state index contributed by atoms with van der Waals surface area (Å²) >= 11 is 0. The maximum absolute atomic E-state index is 4.39. The van der Waals surface area contributed by atoms with E-state index in [-0.39, 0.29) is 0 Å². The predicted octanol–water partition coefficient (Wildman–Crippen LogP) is 2.91. The number of anilines is 1. The van der Waals surface area contributed by atoms with Gasteiger partial charge in [0.25, 0.3) is 0 Å². The fourth-order valence-corrected chi connectivity index (χ4v) is 2.69. The highest BCUT2D eigenvalue weighted by atomic mass is 15.3. The van der Waals surface area contributed by atoms with Crippen LogP contribution in [0.1, 0.15) is 29.7 Å². The first-order chi connectivity index (χ1) is 8.83. The zero-order valence-electron chi connectivity index (χ0n) is 10.8. The normalized spacial score (nSPS) is 14.3. The van der Waals surface area contributed by atoms with Crippen LogP contribution >= 0.6 is 0 Å². The van der Waals surface area contributed by atoms with E-state index in [4.69, 9.17) is 0 Å². The maximum atomic E-state index is 4.39. The second-order valence-corrected chi connectivity index (χ2v) is 4.98. The molecule has 1 aliphatic rings. The minimum Gasteiger partial charge on any atom is -0.379 e. The summed E-state index contributed by atoms with van der Waals surface area (Å²) in [4.78, 5) is 0. The number of nitrogens with zero attached hydrogens (tertiary/aromatic N) is 2. The monoisotopic (exact) mass is 241 g/mol. The van der Waals surface area contributed by atoms with Crippen LogP contribution in [0.2, 0.25) is 0 Å². The van der Waals surface area contributed by atoms with Gasteiger partial charge in [0.05, 0.1) is 12.2 Å². The van der Waals surface area contributed by atoms with Gasteiger partial charge in [0.15, 0.2) is 0 Å². The number of nitrogens with one attached hydrogen (secondary N) is 1. The fraction of sp³-hybridized carbons (Fsp3) is 0.400. The van der Waals surface area contributed by atoms with Gasteiger partial charge in [-0.3, -0.25) is 4.68 Å². The Hall–Kier alpha value is -1.77. The number of rotatable bonds is 3. The van der Waals surface area contributed by atoms with E-state index in [1.165, 1.54) is 42.5 Å². The highest BCUT2D eigenvalue weighted by Gasteiger charge is 2.12. The molecule has 1 aromatic carbocycles. The maximum Gasteiger partial charge on any atom is 0.0815 e. The Morgan fingerprint density at radius 1 is 1.22 bits per heavy atom. The van der Waals surface area contributed by atoms with Gasteiger partial charge in [0.1, 0.15) is 0 Å². The summed E-state index contributed by atoms with van der Waals surface area (Å²) in [5.74, 6) is 0. The van der Waals surface area contributed by atoms with Gasteiger partial charge in [-0.1, -0.05) is 12.1 Å². The molecule has 18 heavy (non-hydrogen) atoms. The molecule has 1 N–H and O–H groups in total. The molecule has 0 fully saturated rings. The largest absolute Gasteiger partial charge is 0.379 e. The van der Waals surface area contributed by atoms with Crippen molar-refractivity contribution in [3.8, 4) is 0 Å². The molecule has 1 aliphatic carbocycles. The lowest BCUT2D eigenvalue weighted by Gasteiger charge is -2.19. The van der Waals surface area contributed by atoms with Crippen LogP contribution in [0.4, 0.5) is 5.69 Å². The summed E-state index contributed by atoms with van der Waals surface area (Å²) < 4.78 is 1.84. The molecular weight excluding hydrogens is 222 g/mol. The number of hydrogen-bond acceptors (Lipinski definition) is 2. The van der Waals surface area contributed by atoms with Crippen molar-refractivity contribution in [3.05, 3.63) is 47.3 Å². The first kappa shape index (κ1) is 11.3. The Balaban J connectivity index is 1.76. The van der Waals surface area contributed by atoms with Gasteiger partial charge in [0, 0.05) is 18.9 Å². The highest BCUT2D eigenvalue weighted by Crippen LogP contribution is 2.27.